The summed E-state index contributed by atoms with van der Waals surface area (Å²) in [6.07, 6.45) is 3.22. The second-order valence-electron chi connectivity index (χ2n) is 8.99. The molecule has 2 atom stereocenters. The molecule has 0 aliphatic heterocycles. The van der Waals surface area contributed by atoms with Crippen LogP contribution in [0.25, 0.3) is 0 Å². The van der Waals surface area contributed by atoms with Gasteiger partial charge in [0.25, 0.3) is 15.9 Å². The predicted molar refractivity (Wildman–Crippen MR) is 118 cm³/mol. The molecule has 4 rings (SSSR count). The van der Waals surface area contributed by atoms with Crippen LogP contribution in [0.1, 0.15) is 50.4 Å². The summed E-state index contributed by atoms with van der Waals surface area (Å²) in [5.74, 6) is 0.251. The summed E-state index contributed by atoms with van der Waals surface area (Å²) in [4.78, 5) is 12.8. The third kappa shape index (κ3) is 3.41. The van der Waals surface area contributed by atoms with E-state index in [1.807, 2.05) is 0 Å². The molecule has 1 amide bonds. The third-order valence-corrected chi connectivity index (χ3v) is 8.63. The third-order valence-electron chi connectivity index (χ3n) is 7.24. The summed E-state index contributed by atoms with van der Waals surface area (Å²) in [5, 5.41) is 4.48. The molecule has 0 spiro atoms. The lowest BCUT2D eigenvalue weighted by atomic mass is 9.70. The van der Waals surface area contributed by atoms with Crippen molar-refractivity contribution in [1.29, 1.82) is 0 Å². The van der Waals surface area contributed by atoms with Crippen molar-refractivity contribution < 1.29 is 13.2 Å². The molecular formula is C23H27N3O3S. The van der Waals surface area contributed by atoms with Gasteiger partial charge in [-0.25, -0.2) is 13.8 Å². The van der Waals surface area contributed by atoms with E-state index in [1.165, 1.54) is 24.6 Å². The van der Waals surface area contributed by atoms with Crippen molar-refractivity contribution in [1.82, 2.24) is 5.43 Å². The van der Waals surface area contributed by atoms with Crippen LogP contribution in [0.15, 0.2) is 64.6 Å². The summed E-state index contributed by atoms with van der Waals surface area (Å²) in [6, 6.07) is 14.5. The first-order valence-corrected chi connectivity index (χ1v) is 11.7. The first-order chi connectivity index (χ1) is 14.1. The van der Waals surface area contributed by atoms with Crippen LogP contribution >= 0.6 is 0 Å². The maximum absolute atomic E-state index is 12.7. The minimum absolute atomic E-state index is 0.0120. The maximum atomic E-state index is 12.7. The number of carbonyl (C=O) groups excluding carboxylic acids is 1. The fourth-order valence-corrected chi connectivity index (χ4v) is 5.89. The molecule has 0 aromatic heterocycles. The van der Waals surface area contributed by atoms with Crippen LogP contribution < -0.4 is 10.1 Å². The van der Waals surface area contributed by atoms with Gasteiger partial charge >= 0.3 is 0 Å². The highest BCUT2D eigenvalue weighted by Crippen LogP contribution is 2.63. The Hall–Kier alpha value is -2.67. The number of anilines is 1. The van der Waals surface area contributed by atoms with Crippen LogP contribution in [0.2, 0.25) is 0 Å². The molecule has 2 aliphatic rings. The van der Waals surface area contributed by atoms with E-state index in [4.69, 9.17) is 0 Å². The fourth-order valence-electron chi connectivity index (χ4n) is 4.82. The van der Waals surface area contributed by atoms with Gasteiger partial charge in [-0.05, 0) is 60.9 Å². The van der Waals surface area contributed by atoms with E-state index in [0.717, 1.165) is 18.6 Å². The van der Waals surface area contributed by atoms with E-state index in [0.29, 0.717) is 17.2 Å². The minimum atomic E-state index is -3.72. The second kappa shape index (κ2) is 7.23. The van der Waals surface area contributed by atoms with Crippen LogP contribution in [0.4, 0.5) is 5.69 Å². The Labute approximate surface area is 177 Å². The number of fused-ring (bicyclic) bond motifs is 2. The standard InChI is InChI=1S/C23H27N3O3S/c1-22(2)17-12-13-23(22,3)20(15-17)24-25-21(27)16-8-7-9-18(14-16)26-30(28,29)19-10-5-4-6-11-19/h4-11,14,17,26H,12-13,15H2,1-3H3,(H,25,27)/b24-20+/t17-,23-/m0/s1. The van der Waals surface area contributed by atoms with E-state index < -0.39 is 10.0 Å². The molecule has 2 bridgehead atoms. The molecule has 0 heterocycles. The van der Waals surface area contributed by atoms with Crippen molar-refractivity contribution in [2.24, 2.45) is 21.8 Å². The number of amides is 1. The highest BCUT2D eigenvalue weighted by Gasteiger charge is 2.60. The molecule has 30 heavy (non-hydrogen) atoms. The van der Waals surface area contributed by atoms with E-state index in [1.54, 1.807) is 36.4 Å². The molecular weight excluding hydrogens is 398 g/mol. The smallest absolute Gasteiger partial charge is 0.271 e. The number of sulfonamides is 1. The van der Waals surface area contributed by atoms with Crippen LogP contribution in [0.5, 0.6) is 0 Å². The highest BCUT2D eigenvalue weighted by molar-refractivity contribution is 7.92. The first kappa shape index (κ1) is 20.6. The van der Waals surface area contributed by atoms with E-state index in [2.05, 4.69) is 36.0 Å². The molecule has 2 fully saturated rings. The quantitative estimate of drug-likeness (QED) is 0.695. The molecule has 0 unspecified atom stereocenters. The van der Waals surface area contributed by atoms with Crippen molar-refractivity contribution in [3.05, 3.63) is 60.2 Å². The zero-order valence-corrected chi connectivity index (χ0v) is 18.3. The monoisotopic (exact) mass is 425 g/mol. The molecule has 2 aromatic rings. The van der Waals surface area contributed by atoms with Gasteiger partial charge < -0.3 is 0 Å². The number of hydrazone groups is 1. The highest BCUT2D eigenvalue weighted by atomic mass is 32.2. The average Bonchev–Trinajstić information content (AvgIpc) is 3.06. The maximum Gasteiger partial charge on any atom is 0.271 e. The molecule has 7 heteroatoms. The van der Waals surface area contributed by atoms with Crippen LogP contribution in [-0.2, 0) is 10.0 Å². The zero-order chi connectivity index (χ0) is 21.6. The summed E-state index contributed by atoms with van der Waals surface area (Å²) in [7, 11) is -3.72. The zero-order valence-electron chi connectivity index (χ0n) is 17.5. The SMILES string of the molecule is CC1(C)[C@H]2CC[C@@]1(C)/C(=N/NC(=O)c1cccc(NS(=O)(=O)c3ccccc3)c1)C2. The Bertz CT molecular complexity index is 1110. The van der Waals surface area contributed by atoms with E-state index in [9.17, 15) is 13.2 Å². The van der Waals surface area contributed by atoms with Crippen LogP contribution in [0, 0.1) is 16.7 Å². The summed E-state index contributed by atoms with van der Waals surface area (Å²) in [5.41, 5.74) is 4.61. The Balaban J connectivity index is 1.49. The van der Waals surface area contributed by atoms with Gasteiger partial charge in [-0.15, -0.1) is 0 Å². The largest absolute Gasteiger partial charge is 0.280 e. The first-order valence-electron chi connectivity index (χ1n) is 10.2. The van der Waals surface area contributed by atoms with Gasteiger partial charge in [-0.2, -0.15) is 5.10 Å². The van der Waals surface area contributed by atoms with Crippen molar-refractivity contribution in [2.75, 3.05) is 4.72 Å². The topological polar surface area (TPSA) is 87.6 Å². The van der Waals surface area contributed by atoms with Crippen molar-refractivity contribution in [3.63, 3.8) is 0 Å². The summed E-state index contributed by atoms with van der Waals surface area (Å²) >= 11 is 0. The normalized spacial score (nSPS) is 26.0. The fraction of sp³-hybridized carbons (Fsp3) is 0.391. The molecule has 0 saturated heterocycles. The number of hydrogen-bond donors (Lipinski definition) is 2. The average molecular weight is 426 g/mol. The van der Waals surface area contributed by atoms with Gasteiger partial charge in [0, 0.05) is 22.4 Å². The summed E-state index contributed by atoms with van der Waals surface area (Å²) < 4.78 is 27.6. The van der Waals surface area contributed by atoms with E-state index in [-0.39, 0.29) is 21.6 Å². The number of nitrogens with one attached hydrogen (secondary N) is 2. The molecule has 2 aromatic carbocycles. The molecule has 2 aliphatic carbocycles. The van der Waals surface area contributed by atoms with Crippen LogP contribution in [-0.4, -0.2) is 20.0 Å². The van der Waals surface area contributed by atoms with Crippen LogP contribution in [0.3, 0.4) is 0 Å². The van der Waals surface area contributed by atoms with Crippen molar-refractivity contribution in [3.8, 4) is 0 Å². The Morgan fingerprint density at radius 1 is 1.07 bits per heavy atom. The molecule has 2 saturated carbocycles. The number of carbonyl (C=O) groups is 1. The minimum Gasteiger partial charge on any atom is -0.280 e. The lowest BCUT2D eigenvalue weighted by Gasteiger charge is -2.34. The molecule has 2 N–H and O–H groups in total. The number of hydrogen-bond acceptors (Lipinski definition) is 4. The number of benzene rings is 2. The van der Waals surface area contributed by atoms with Gasteiger partial charge in [-0.3, -0.25) is 9.52 Å². The van der Waals surface area contributed by atoms with Gasteiger partial charge in [0.05, 0.1) is 4.90 Å². The Morgan fingerprint density at radius 3 is 2.43 bits per heavy atom. The molecule has 6 nitrogen and oxygen atoms in total. The van der Waals surface area contributed by atoms with Gasteiger partial charge in [-0.1, -0.05) is 45.0 Å². The van der Waals surface area contributed by atoms with Crippen molar-refractivity contribution in [2.45, 2.75) is 44.9 Å². The lowest BCUT2D eigenvalue weighted by Crippen LogP contribution is -2.34. The lowest BCUT2D eigenvalue weighted by molar-refractivity contribution is 0.0954. The Morgan fingerprint density at radius 2 is 1.80 bits per heavy atom. The Kier molecular flexibility index (Phi) is 4.97. The molecule has 0 radical (unpaired) electrons. The van der Waals surface area contributed by atoms with Crippen molar-refractivity contribution >= 4 is 27.3 Å². The predicted octanol–water partition coefficient (Wildman–Crippen LogP) is 4.42. The molecule has 158 valence electrons. The summed E-state index contributed by atoms with van der Waals surface area (Å²) in [6.45, 7) is 6.82. The number of nitrogens with zero attached hydrogens (tertiary/aromatic N) is 1. The van der Waals surface area contributed by atoms with E-state index >= 15 is 0 Å². The van der Waals surface area contributed by atoms with Gasteiger partial charge in [0.15, 0.2) is 0 Å². The van der Waals surface area contributed by atoms with Gasteiger partial charge in [0.2, 0.25) is 0 Å². The second-order valence-corrected chi connectivity index (χ2v) is 10.7. The van der Waals surface area contributed by atoms with Gasteiger partial charge in [0.1, 0.15) is 0 Å². The number of rotatable bonds is 5.